The van der Waals surface area contributed by atoms with Crippen molar-refractivity contribution in [1.82, 2.24) is 0 Å². The highest BCUT2D eigenvalue weighted by Gasteiger charge is 2.33. The molecule has 104 valence electrons. The molecule has 0 bridgehead atoms. The maximum Gasteiger partial charge on any atom is 0.416 e. The summed E-state index contributed by atoms with van der Waals surface area (Å²) >= 11 is 3.06. The number of benzene rings is 1. The van der Waals surface area contributed by atoms with Crippen molar-refractivity contribution in [3.63, 3.8) is 0 Å². The predicted molar refractivity (Wildman–Crippen MR) is 72.1 cm³/mol. The first-order valence-electron chi connectivity index (χ1n) is 5.66. The summed E-state index contributed by atoms with van der Waals surface area (Å²) in [6, 6.07) is 6.28. The van der Waals surface area contributed by atoms with Crippen molar-refractivity contribution in [3.8, 4) is 6.07 Å². The summed E-state index contributed by atoms with van der Waals surface area (Å²) in [5, 5.41) is 8.89. The predicted octanol–water partition coefficient (Wildman–Crippen LogP) is 4.20. The maximum absolute atomic E-state index is 12.9. The number of rotatable bonds is 4. The molecule has 1 unspecified atom stereocenters. The van der Waals surface area contributed by atoms with Crippen LogP contribution in [0, 0.1) is 17.2 Å². The van der Waals surface area contributed by atoms with Crippen LogP contribution in [0.15, 0.2) is 18.2 Å². The molecule has 0 N–H and O–H groups in total. The van der Waals surface area contributed by atoms with Gasteiger partial charge >= 0.3 is 6.18 Å². The van der Waals surface area contributed by atoms with Crippen LogP contribution in [0.4, 0.5) is 18.9 Å². The standard InChI is InChI=1S/C13H14BrF3N2/c1-9(7-18)8-19(2)11-4-3-10(6-14)12(5-11)13(15,16)17/h3-5,9H,6,8H2,1-2H3. The number of halogens is 4. The van der Waals surface area contributed by atoms with Gasteiger partial charge in [0, 0.05) is 24.6 Å². The Labute approximate surface area is 119 Å². The summed E-state index contributed by atoms with van der Waals surface area (Å²) in [7, 11) is 1.68. The van der Waals surface area contributed by atoms with Gasteiger partial charge in [-0.2, -0.15) is 18.4 Å². The average Bonchev–Trinajstić information content (AvgIpc) is 2.36. The fraction of sp³-hybridized carbons (Fsp3) is 0.462. The van der Waals surface area contributed by atoms with Crippen molar-refractivity contribution in [2.45, 2.75) is 18.4 Å². The van der Waals surface area contributed by atoms with Crippen molar-refractivity contribution < 1.29 is 13.2 Å². The first kappa shape index (κ1) is 15.8. The van der Waals surface area contributed by atoms with E-state index >= 15 is 0 Å². The van der Waals surface area contributed by atoms with E-state index in [0.717, 1.165) is 6.07 Å². The quantitative estimate of drug-likeness (QED) is 0.771. The van der Waals surface area contributed by atoms with E-state index in [-0.39, 0.29) is 16.8 Å². The number of nitrogens with zero attached hydrogens (tertiary/aromatic N) is 2. The fourth-order valence-electron chi connectivity index (χ4n) is 1.74. The van der Waals surface area contributed by atoms with Gasteiger partial charge in [-0.05, 0) is 24.6 Å². The van der Waals surface area contributed by atoms with Crippen LogP contribution < -0.4 is 4.90 Å². The molecule has 1 aromatic carbocycles. The lowest BCUT2D eigenvalue weighted by Crippen LogP contribution is -2.23. The zero-order chi connectivity index (χ0) is 14.6. The lowest BCUT2D eigenvalue weighted by atomic mass is 10.1. The first-order valence-corrected chi connectivity index (χ1v) is 6.78. The number of nitriles is 1. The van der Waals surface area contributed by atoms with Gasteiger partial charge in [-0.15, -0.1) is 0 Å². The highest BCUT2D eigenvalue weighted by molar-refractivity contribution is 9.08. The van der Waals surface area contributed by atoms with Gasteiger partial charge in [-0.3, -0.25) is 0 Å². The Hall–Kier alpha value is -1.22. The molecule has 2 nitrogen and oxygen atoms in total. The summed E-state index contributed by atoms with van der Waals surface area (Å²) in [6.07, 6.45) is -4.37. The molecule has 0 spiro atoms. The van der Waals surface area contributed by atoms with Crippen molar-refractivity contribution in [1.29, 1.82) is 5.26 Å². The van der Waals surface area contributed by atoms with Crippen molar-refractivity contribution in [2.75, 3.05) is 18.5 Å². The van der Waals surface area contributed by atoms with E-state index in [9.17, 15) is 13.2 Å². The van der Waals surface area contributed by atoms with E-state index in [0.29, 0.717) is 12.2 Å². The van der Waals surface area contributed by atoms with Crippen LogP contribution in [0.1, 0.15) is 18.1 Å². The Morgan fingerprint density at radius 3 is 2.53 bits per heavy atom. The molecule has 6 heteroatoms. The van der Waals surface area contributed by atoms with Gasteiger partial charge < -0.3 is 4.90 Å². The molecule has 0 radical (unpaired) electrons. The maximum atomic E-state index is 12.9. The zero-order valence-electron chi connectivity index (χ0n) is 10.6. The lowest BCUT2D eigenvalue weighted by Gasteiger charge is -2.22. The summed E-state index contributed by atoms with van der Waals surface area (Å²) < 4.78 is 38.7. The van der Waals surface area contributed by atoms with E-state index in [1.54, 1.807) is 24.9 Å². The molecule has 1 rings (SSSR count). The van der Waals surface area contributed by atoms with Crippen molar-refractivity contribution in [3.05, 3.63) is 29.3 Å². The zero-order valence-corrected chi connectivity index (χ0v) is 12.2. The Bertz CT molecular complexity index is 480. The van der Waals surface area contributed by atoms with E-state index < -0.39 is 11.7 Å². The topological polar surface area (TPSA) is 27.0 Å². The normalized spacial score (nSPS) is 12.9. The molecule has 0 amide bonds. The minimum atomic E-state index is -4.37. The van der Waals surface area contributed by atoms with E-state index in [4.69, 9.17) is 5.26 Å². The molecule has 0 aliphatic rings. The Balaban J connectivity index is 3.09. The van der Waals surface area contributed by atoms with Crippen LogP contribution in [0.3, 0.4) is 0 Å². The molecule has 1 atom stereocenters. The summed E-state index contributed by atoms with van der Waals surface area (Å²) in [4.78, 5) is 1.65. The molecule has 0 fully saturated rings. The highest BCUT2D eigenvalue weighted by Crippen LogP contribution is 2.35. The molecule has 0 saturated heterocycles. The van der Waals surface area contributed by atoms with E-state index in [1.165, 1.54) is 6.07 Å². The molecule has 0 aliphatic carbocycles. The van der Waals surface area contributed by atoms with Crippen LogP contribution in [-0.4, -0.2) is 13.6 Å². The van der Waals surface area contributed by atoms with E-state index in [1.807, 2.05) is 0 Å². The third-order valence-corrected chi connectivity index (χ3v) is 3.36. The second-order valence-electron chi connectivity index (χ2n) is 4.38. The first-order chi connectivity index (χ1) is 8.79. The Kier molecular flexibility index (Phi) is 5.24. The molecular formula is C13H14BrF3N2. The van der Waals surface area contributed by atoms with Gasteiger partial charge in [0.05, 0.1) is 17.6 Å². The largest absolute Gasteiger partial charge is 0.416 e. The summed E-state index contributed by atoms with van der Waals surface area (Å²) in [5.74, 6) is -0.241. The Morgan fingerprint density at radius 1 is 1.42 bits per heavy atom. The molecular weight excluding hydrogens is 321 g/mol. The van der Waals surface area contributed by atoms with Crippen LogP contribution in [-0.2, 0) is 11.5 Å². The number of anilines is 1. The smallest absolute Gasteiger partial charge is 0.373 e. The summed E-state index contributed by atoms with van der Waals surface area (Å²) in [5.41, 5.74) is 0.0236. The number of hydrogen-bond acceptors (Lipinski definition) is 2. The highest BCUT2D eigenvalue weighted by atomic mass is 79.9. The van der Waals surface area contributed by atoms with E-state index in [2.05, 4.69) is 22.0 Å². The molecule has 0 aliphatic heterocycles. The monoisotopic (exact) mass is 334 g/mol. The van der Waals surface area contributed by atoms with Crippen LogP contribution in [0.5, 0.6) is 0 Å². The SMILES string of the molecule is CC(C#N)CN(C)c1ccc(CBr)c(C(F)(F)F)c1. The van der Waals surface area contributed by atoms with Gasteiger partial charge in [0.2, 0.25) is 0 Å². The third kappa shape index (κ3) is 4.13. The average molecular weight is 335 g/mol. The van der Waals surface area contributed by atoms with Crippen molar-refractivity contribution in [2.24, 2.45) is 5.92 Å². The Morgan fingerprint density at radius 2 is 2.05 bits per heavy atom. The molecule has 19 heavy (non-hydrogen) atoms. The minimum Gasteiger partial charge on any atom is -0.373 e. The van der Waals surface area contributed by atoms with Gasteiger partial charge in [-0.25, -0.2) is 0 Å². The fourth-order valence-corrected chi connectivity index (χ4v) is 2.23. The second kappa shape index (κ2) is 6.29. The molecule has 1 aromatic rings. The van der Waals surface area contributed by atoms with Gasteiger partial charge in [0.25, 0.3) is 0 Å². The molecule has 0 saturated carbocycles. The van der Waals surface area contributed by atoms with Crippen LogP contribution in [0.25, 0.3) is 0 Å². The van der Waals surface area contributed by atoms with Crippen LogP contribution >= 0.6 is 15.9 Å². The second-order valence-corrected chi connectivity index (χ2v) is 4.94. The van der Waals surface area contributed by atoms with Gasteiger partial charge in [0.15, 0.2) is 0 Å². The number of alkyl halides is 4. The summed E-state index contributed by atoms with van der Waals surface area (Å²) in [6.45, 7) is 2.12. The van der Waals surface area contributed by atoms with Gasteiger partial charge in [0.1, 0.15) is 0 Å². The molecule has 0 heterocycles. The van der Waals surface area contributed by atoms with Crippen LogP contribution in [0.2, 0.25) is 0 Å². The lowest BCUT2D eigenvalue weighted by molar-refractivity contribution is -0.138. The number of hydrogen-bond donors (Lipinski definition) is 0. The molecule has 0 aromatic heterocycles. The minimum absolute atomic E-state index is 0.153. The van der Waals surface area contributed by atoms with Crippen molar-refractivity contribution >= 4 is 21.6 Å². The van der Waals surface area contributed by atoms with Gasteiger partial charge in [-0.1, -0.05) is 22.0 Å². The third-order valence-electron chi connectivity index (χ3n) is 2.75.